The van der Waals surface area contributed by atoms with Gasteiger partial charge in [-0.05, 0) is 25.0 Å². The lowest BCUT2D eigenvalue weighted by Gasteiger charge is -2.18. The smallest absolute Gasteiger partial charge is 0.407 e. The minimum Gasteiger partial charge on any atom is -0.450 e. The van der Waals surface area contributed by atoms with Crippen LogP contribution >= 0.6 is 0 Å². The molecule has 4 nitrogen and oxygen atoms in total. The van der Waals surface area contributed by atoms with E-state index in [1.807, 2.05) is 31.2 Å². The van der Waals surface area contributed by atoms with Gasteiger partial charge in [0.25, 0.3) is 0 Å². The van der Waals surface area contributed by atoms with Gasteiger partial charge in [0.05, 0.1) is 19.3 Å². The molecule has 94 valence electrons. The van der Waals surface area contributed by atoms with Crippen LogP contribution in [0, 0.1) is 6.92 Å². The van der Waals surface area contributed by atoms with Crippen molar-refractivity contribution in [2.45, 2.75) is 20.0 Å². The van der Waals surface area contributed by atoms with Gasteiger partial charge >= 0.3 is 6.09 Å². The largest absolute Gasteiger partial charge is 0.450 e. The minimum absolute atomic E-state index is 0.152. The number of hydrogen-bond acceptors (Lipinski definition) is 3. The third-order valence-electron chi connectivity index (χ3n) is 2.53. The average Bonchev–Trinajstić information content (AvgIpc) is 2.32. The summed E-state index contributed by atoms with van der Waals surface area (Å²) < 4.78 is 10.2. The van der Waals surface area contributed by atoms with E-state index in [-0.39, 0.29) is 6.10 Å². The molecule has 1 atom stereocenters. The Kier molecular flexibility index (Phi) is 5.49. The highest BCUT2D eigenvalue weighted by atomic mass is 16.5. The first-order chi connectivity index (χ1) is 8.19. The third-order valence-corrected chi connectivity index (χ3v) is 2.53. The van der Waals surface area contributed by atoms with Gasteiger partial charge in [0.2, 0.25) is 0 Å². The van der Waals surface area contributed by atoms with Gasteiger partial charge in [-0.3, -0.25) is 0 Å². The summed E-state index contributed by atoms with van der Waals surface area (Å²) in [5, 5.41) is 2.67. The molecule has 17 heavy (non-hydrogen) atoms. The summed E-state index contributed by atoms with van der Waals surface area (Å²) in [6.07, 6.45) is -0.566. The Balaban J connectivity index is 2.60. The average molecular weight is 237 g/mol. The highest BCUT2D eigenvalue weighted by Gasteiger charge is 2.13. The number of carbonyl (C=O) groups excluding carboxylic acids is 1. The van der Waals surface area contributed by atoms with E-state index in [4.69, 9.17) is 9.47 Å². The molecule has 0 heterocycles. The maximum atomic E-state index is 11.2. The topological polar surface area (TPSA) is 47.6 Å². The van der Waals surface area contributed by atoms with Gasteiger partial charge in [0.1, 0.15) is 0 Å². The van der Waals surface area contributed by atoms with Gasteiger partial charge in [-0.15, -0.1) is 0 Å². The summed E-state index contributed by atoms with van der Waals surface area (Å²) in [6.45, 7) is 4.56. The lowest BCUT2D eigenvalue weighted by molar-refractivity contribution is 0.0951. The number of hydrogen-bond donors (Lipinski definition) is 1. The van der Waals surface area contributed by atoms with Crippen LogP contribution in [0.25, 0.3) is 0 Å². The second kappa shape index (κ2) is 6.91. The fourth-order valence-corrected chi connectivity index (χ4v) is 1.63. The van der Waals surface area contributed by atoms with Crippen molar-refractivity contribution >= 4 is 6.09 Å². The van der Waals surface area contributed by atoms with E-state index < -0.39 is 6.09 Å². The highest BCUT2D eigenvalue weighted by molar-refractivity contribution is 5.67. The second-order valence-electron chi connectivity index (χ2n) is 3.68. The normalized spacial score (nSPS) is 11.9. The number of nitrogens with one attached hydrogen (secondary N) is 1. The van der Waals surface area contributed by atoms with Crippen molar-refractivity contribution in [3.63, 3.8) is 0 Å². The van der Waals surface area contributed by atoms with Gasteiger partial charge in [0, 0.05) is 7.11 Å². The Morgan fingerprint density at radius 2 is 2.12 bits per heavy atom. The van der Waals surface area contributed by atoms with E-state index in [1.54, 1.807) is 14.0 Å². The van der Waals surface area contributed by atoms with E-state index in [2.05, 4.69) is 5.32 Å². The van der Waals surface area contributed by atoms with Gasteiger partial charge < -0.3 is 14.8 Å². The SMILES string of the molecule is CCOC(=O)NC[C@@H](OC)c1ccccc1C. The molecule has 0 unspecified atom stereocenters. The summed E-state index contributed by atoms with van der Waals surface area (Å²) in [4.78, 5) is 11.2. The van der Waals surface area contributed by atoms with Crippen molar-refractivity contribution in [1.82, 2.24) is 5.32 Å². The molecule has 0 aliphatic heterocycles. The summed E-state index contributed by atoms with van der Waals surface area (Å²) in [5.41, 5.74) is 2.22. The van der Waals surface area contributed by atoms with Crippen molar-refractivity contribution in [1.29, 1.82) is 0 Å². The zero-order valence-electron chi connectivity index (χ0n) is 10.5. The van der Waals surface area contributed by atoms with Crippen molar-refractivity contribution in [2.24, 2.45) is 0 Å². The molecule has 1 amide bonds. The number of rotatable bonds is 5. The van der Waals surface area contributed by atoms with Crippen molar-refractivity contribution in [3.05, 3.63) is 35.4 Å². The Labute approximate surface area is 102 Å². The van der Waals surface area contributed by atoms with Gasteiger partial charge in [-0.1, -0.05) is 24.3 Å². The molecule has 0 saturated heterocycles. The molecule has 1 N–H and O–H groups in total. The molecule has 0 spiro atoms. The lowest BCUT2D eigenvalue weighted by Crippen LogP contribution is -2.29. The minimum atomic E-state index is -0.414. The number of ether oxygens (including phenoxy) is 2. The Bertz CT molecular complexity index is 365. The zero-order valence-corrected chi connectivity index (χ0v) is 10.5. The van der Waals surface area contributed by atoms with Crippen molar-refractivity contribution in [3.8, 4) is 0 Å². The lowest BCUT2D eigenvalue weighted by atomic mass is 10.0. The Hall–Kier alpha value is -1.55. The van der Waals surface area contributed by atoms with Crippen LogP contribution in [-0.4, -0.2) is 26.4 Å². The number of carbonyl (C=O) groups is 1. The fourth-order valence-electron chi connectivity index (χ4n) is 1.63. The van der Waals surface area contributed by atoms with Crippen LogP contribution in [0.4, 0.5) is 4.79 Å². The first-order valence-electron chi connectivity index (χ1n) is 5.68. The van der Waals surface area contributed by atoms with Crippen LogP contribution in [0.3, 0.4) is 0 Å². The molecule has 1 aromatic rings. The second-order valence-corrected chi connectivity index (χ2v) is 3.68. The van der Waals surface area contributed by atoms with E-state index in [0.29, 0.717) is 13.2 Å². The summed E-state index contributed by atoms with van der Waals surface area (Å²) in [6, 6.07) is 7.95. The van der Waals surface area contributed by atoms with Crippen molar-refractivity contribution in [2.75, 3.05) is 20.3 Å². The number of alkyl carbamates (subject to hydrolysis) is 1. The molecule has 0 radical (unpaired) electrons. The monoisotopic (exact) mass is 237 g/mol. The van der Waals surface area contributed by atoms with E-state index in [1.165, 1.54) is 0 Å². The number of methoxy groups -OCH3 is 1. The molecule has 0 fully saturated rings. The summed E-state index contributed by atoms with van der Waals surface area (Å²) >= 11 is 0. The van der Waals surface area contributed by atoms with Gasteiger partial charge in [-0.2, -0.15) is 0 Å². The first kappa shape index (κ1) is 13.5. The standard InChI is InChI=1S/C13H19NO3/c1-4-17-13(15)14-9-12(16-3)11-8-6-5-7-10(11)2/h5-8,12H,4,9H2,1-3H3,(H,14,15)/t12-/m1/s1. The first-order valence-corrected chi connectivity index (χ1v) is 5.68. The molecule has 0 saturated carbocycles. The zero-order chi connectivity index (χ0) is 12.7. The summed E-state index contributed by atoms with van der Waals surface area (Å²) in [5.74, 6) is 0. The molecule has 4 heteroatoms. The van der Waals surface area contributed by atoms with Crippen LogP contribution in [0.15, 0.2) is 24.3 Å². The molecule has 1 aromatic carbocycles. The quantitative estimate of drug-likeness (QED) is 0.855. The van der Waals surface area contributed by atoms with Crippen LogP contribution in [0.2, 0.25) is 0 Å². The third kappa shape index (κ3) is 4.07. The maximum absolute atomic E-state index is 11.2. The van der Waals surface area contributed by atoms with E-state index >= 15 is 0 Å². The van der Waals surface area contributed by atoms with Crippen molar-refractivity contribution < 1.29 is 14.3 Å². The molecule has 0 aromatic heterocycles. The molecule has 0 bridgehead atoms. The van der Waals surface area contributed by atoms with Gasteiger partial charge in [0.15, 0.2) is 0 Å². The van der Waals surface area contributed by atoms with Crippen LogP contribution in [-0.2, 0) is 9.47 Å². The number of amides is 1. The molecular formula is C13H19NO3. The molecule has 0 aliphatic rings. The van der Waals surface area contributed by atoms with Gasteiger partial charge in [-0.25, -0.2) is 4.79 Å². The molecule has 0 aliphatic carbocycles. The van der Waals surface area contributed by atoms with Crippen LogP contribution < -0.4 is 5.32 Å². The highest BCUT2D eigenvalue weighted by Crippen LogP contribution is 2.19. The number of benzene rings is 1. The molecular weight excluding hydrogens is 218 g/mol. The Morgan fingerprint density at radius 1 is 1.41 bits per heavy atom. The fraction of sp³-hybridized carbons (Fsp3) is 0.462. The number of aryl methyl sites for hydroxylation is 1. The maximum Gasteiger partial charge on any atom is 0.407 e. The van der Waals surface area contributed by atoms with E-state index in [9.17, 15) is 4.79 Å². The van der Waals surface area contributed by atoms with Crippen LogP contribution in [0.5, 0.6) is 0 Å². The molecule has 1 rings (SSSR count). The predicted molar refractivity (Wildman–Crippen MR) is 66.0 cm³/mol. The van der Waals surface area contributed by atoms with E-state index in [0.717, 1.165) is 11.1 Å². The summed E-state index contributed by atoms with van der Waals surface area (Å²) in [7, 11) is 1.63. The van der Waals surface area contributed by atoms with Crippen LogP contribution in [0.1, 0.15) is 24.2 Å². The predicted octanol–water partition coefficient (Wildman–Crippen LogP) is 2.43. The Morgan fingerprint density at radius 3 is 2.71 bits per heavy atom.